The van der Waals surface area contributed by atoms with E-state index in [1.165, 1.54) is 0 Å². The van der Waals surface area contributed by atoms with Gasteiger partial charge in [0.2, 0.25) is 0 Å². The Morgan fingerprint density at radius 1 is 0.762 bits per heavy atom. The van der Waals surface area contributed by atoms with E-state index in [2.05, 4.69) is 0 Å². The van der Waals surface area contributed by atoms with E-state index in [4.69, 9.17) is 0 Å². The molecular formula is C15H30N2O4. The first kappa shape index (κ1) is 19.9. The first-order valence-corrected chi connectivity index (χ1v) is 7.86. The Hall–Kier alpha value is -1.14. The predicted octanol–water partition coefficient (Wildman–Crippen LogP) is 1.75. The van der Waals surface area contributed by atoms with Crippen molar-refractivity contribution in [3.05, 3.63) is 0 Å². The lowest BCUT2D eigenvalue weighted by Gasteiger charge is -2.28. The van der Waals surface area contributed by atoms with E-state index in [1.807, 2.05) is 37.5 Å². The molecule has 2 N–H and O–H groups in total. The average molecular weight is 302 g/mol. The van der Waals surface area contributed by atoms with Crippen LogP contribution in [0.15, 0.2) is 0 Å². The molecule has 2 unspecified atom stereocenters. The van der Waals surface area contributed by atoms with Crippen molar-refractivity contribution in [2.75, 3.05) is 26.2 Å². The van der Waals surface area contributed by atoms with Crippen LogP contribution in [-0.2, 0) is 9.59 Å². The fourth-order valence-corrected chi connectivity index (χ4v) is 2.76. The highest BCUT2D eigenvalue weighted by Gasteiger charge is 2.26. The van der Waals surface area contributed by atoms with Crippen LogP contribution in [0.1, 0.15) is 47.0 Å². The summed E-state index contributed by atoms with van der Waals surface area (Å²) in [6, 6.07) is -1.04. The van der Waals surface area contributed by atoms with Gasteiger partial charge in [0.05, 0.1) is 0 Å². The Morgan fingerprint density at radius 3 is 1.24 bits per heavy atom. The molecule has 0 aromatic carbocycles. The normalized spacial score (nSPS) is 14.4. The second-order valence-electron chi connectivity index (χ2n) is 5.08. The Balaban J connectivity index is 4.58. The van der Waals surface area contributed by atoms with Crippen molar-refractivity contribution in [1.82, 2.24) is 9.80 Å². The Bertz CT molecular complexity index is 285. The van der Waals surface area contributed by atoms with Crippen molar-refractivity contribution in [2.24, 2.45) is 0 Å². The summed E-state index contributed by atoms with van der Waals surface area (Å²) in [6.07, 6.45) is 1.57. The number of hydrogen-bond donors (Lipinski definition) is 2. The van der Waals surface area contributed by atoms with Crippen LogP contribution in [0.5, 0.6) is 0 Å². The van der Waals surface area contributed by atoms with Crippen LogP contribution in [0.4, 0.5) is 0 Å². The van der Waals surface area contributed by atoms with Crippen LogP contribution in [0, 0.1) is 0 Å². The van der Waals surface area contributed by atoms with Crippen molar-refractivity contribution in [3.8, 4) is 0 Å². The minimum Gasteiger partial charge on any atom is -0.480 e. The number of carbonyl (C=O) groups is 2. The van der Waals surface area contributed by atoms with E-state index >= 15 is 0 Å². The topological polar surface area (TPSA) is 81.1 Å². The highest BCUT2D eigenvalue weighted by Crippen LogP contribution is 2.14. The molecule has 6 heteroatoms. The summed E-state index contributed by atoms with van der Waals surface area (Å²) >= 11 is 0. The second kappa shape index (κ2) is 10.6. The maximum absolute atomic E-state index is 11.3. The van der Waals surface area contributed by atoms with Gasteiger partial charge in [0.25, 0.3) is 0 Å². The summed E-state index contributed by atoms with van der Waals surface area (Å²) in [5, 5.41) is 18.6. The van der Waals surface area contributed by atoms with Gasteiger partial charge in [-0.2, -0.15) is 0 Å². The van der Waals surface area contributed by atoms with Crippen molar-refractivity contribution in [3.63, 3.8) is 0 Å². The SMILES string of the molecule is CCN(CC)C(CCCC(C(=O)O)N(CC)CC)C(=O)O. The molecule has 0 spiro atoms. The van der Waals surface area contributed by atoms with E-state index in [9.17, 15) is 19.8 Å². The lowest BCUT2D eigenvalue weighted by Crippen LogP contribution is -2.43. The molecule has 124 valence electrons. The van der Waals surface area contributed by atoms with Gasteiger partial charge in [-0.1, -0.05) is 27.7 Å². The molecule has 0 radical (unpaired) electrons. The van der Waals surface area contributed by atoms with Crippen LogP contribution < -0.4 is 0 Å². The third-order valence-electron chi connectivity index (χ3n) is 4.03. The third kappa shape index (κ3) is 6.44. The van der Waals surface area contributed by atoms with Gasteiger partial charge in [0.1, 0.15) is 12.1 Å². The number of carboxylic acids is 2. The van der Waals surface area contributed by atoms with Gasteiger partial charge in [0.15, 0.2) is 0 Å². The van der Waals surface area contributed by atoms with Gasteiger partial charge >= 0.3 is 11.9 Å². The fourth-order valence-electron chi connectivity index (χ4n) is 2.76. The molecule has 0 aliphatic heterocycles. The molecule has 0 aliphatic rings. The molecule has 0 rings (SSSR count). The first-order chi connectivity index (χ1) is 9.92. The van der Waals surface area contributed by atoms with Gasteiger partial charge < -0.3 is 10.2 Å². The van der Waals surface area contributed by atoms with Crippen LogP contribution in [0.2, 0.25) is 0 Å². The number of hydrogen-bond acceptors (Lipinski definition) is 4. The quantitative estimate of drug-likeness (QED) is 0.571. The molecular weight excluding hydrogens is 272 g/mol. The van der Waals surface area contributed by atoms with Gasteiger partial charge in [-0.15, -0.1) is 0 Å². The molecule has 0 aromatic rings. The van der Waals surface area contributed by atoms with E-state index in [1.54, 1.807) is 0 Å². The molecule has 21 heavy (non-hydrogen) atoms. The Morgan fingerprint density at radius 2 is 1.05 bits per heavy atom. The maximum atomic E-state index is 11.3. The molecule has 0 amide bonds. The molecule has 6 nitrogen and oxygen atoms in total. The van der Waals surface area contributed by atoms with Crippen LogP contribution in [-0.4, -0.2) is 70.2 Å². The highest BCUT2D eigenvalue weighted by molar-refractivity contribution is 5.74. The second-order valence-corrected chi connectivity index (χ2v) is 5.08. The molecule has 0 heterocycles. The molecule has 0 bridgehead atoms. The Kier molecular flexibility index (Phi) is 9.99. The largest absolute Gasteiger partial charge is 0.480 e. The Labute approximate surface area is 127 Å². The molecule has 2 atom stereocenters. The summed E-state index contributed by atoms with van der Waals surface area (Å²) in [7, 11) is 0. The molecule has 0 aromatic heterocycles. The van der Waals surface area contributed by atoms with E-state index in [0.29, 0.717) is 45.4 Å². The lowest BCUT2D eigenvalue weighted by molar-refractivity contribution is -0.143. The summed E-state index contributed by atoms with van der Waals surface area (Å²) in [4.78, 5) is 26.5. The zero-order valence-electron chi connectivity index (χ0n) is 13.7. The average Bonchev–Trinajstić information content (AvgIpc) is 2.45. The molecule has 0 aliphatic carbocycles. The summed E-state index contributed by atoms with van der Waals surface area (Å²) in [5.41, 5.74) is 0. The maximum Gasteiger partial charge on any atom is 0.320 e. The van der Waals surface area contributed by atoms with Gasteiger partial charge in [-0.3, -0.25) is 19.4 Å². The minimum absolute atomic E-state index is 0.488. The van der Waals surface area contributed by atoms with Crippen molar-refractivity contribution >= 4 is 11.9 Å². The van der Waals surface area contributed by atoms with Crippen molar-refractivity contribution in [1.29, 1.82) is 0 Å². The fraction of sp³-hybridized carbons (Fsp3) is 0.867. The predicted molar refractivity (Wildman–Crippen MR) is 82.5 cm³/mol. The van der Waals surface area contributed by atoms with E-state index in [-0.39, 0.29) is 0 Å². The lowest BCUT2D eigenvalue weighted by atomic mass is 10.0. The minimum atomic E-state index is -0.826. The van der Waals surface area contributed by atoms with Gasteiger partial charge in [-0.25, -0.2) is 0 Å². The summed E-state index contributed by atoms with van der Waals surface area (Å²) in [6.45, 7) is 10.5. The first-order valence-electron chi connectivity index (χ1n) is 7.86. The number of nitrogens with zero attached hydrogens (tertiary/aromatic N) is 2. The van der Waals surface area contributed by atoms with Gasteiger partial charge in [0, 0.05) is 0 Å². The monoisotopic (exact) mass is 302 g/mol. The van der Waals surface area contributed by atoms with Crippen molar-refractivity contribution in [2.45, 2.75) is 59.0 Å². The highest BCUT2D eigenvalue weighted by atomic mass is 16.4. The van der Waals surface area contributed by atoms with E-state index < -0.39 is 24.0 Å². The summed E-state index contributed by atoms with van der Waals surface area (Å²) in [5.74, 6) is -1.65. The number of carboxylic acid groups (broad SMARTS) is 2. The standard InChI is InChI=1S/C15H30N2O4/c1-5-16(6-2)12(14(18)19)10-9-11-13(15(20)21)17(7-3)8-4/h12-13H,5-11H2,1-4H3,(H,18,19)(H,20,21). The third-order valence-corrected chi connectivity index (χ3v) is 4.03. The van der Waals surface area contributed by atoms with Crippen molar-refractivity contribution < 1.29 is 19.8 Å². The number of likely N-dealkylation sites (N-methyl/N-ethyl adjacent to an activating group) is 2. The number of aliphatic carboxylic acids is 2. The van der Waals surface area contributed by atoms with Crippen LogP contribution >= 0.6 is 0 Å². The van der Waals surface area contributed by atoms with E-state index in [0.717, 1.165) is 0 Å². The molecule has 0 saturated carbocycles. The molecule has 0 saturated heterocycles. The van der Waals surface area contributed by atoms with Gasteiger partial charge in [-0.05, 0) is 45.4 Å². The smallest absolute Gasteiger partial charge is 0.320 e. The van der Waals surface area contributed by atoms with Crippen LogP contribution in [0.3, 0.4) is 0 Å². The van der Waals surface area contributed by atoms with Crippen LogP contribution in [0.25, 0.3) is 0 Å². The molecule has 0 fully saturated rings. The summed E-state index contributed by atoms with van der Waals surface area (Å²) < 4.78 is 0. The zero-order valence-corrected chi connectivity index (χ0v) is 13.7. The number of rotatable bonds is 12. The zero-order chi connectivity index (χ0) is 16.4.